The molecule has 0 fully saturated rings. The predicted molar refractivity (Wildman–Crippen MR) is 104 cm³/mol. The summed E-state index contributed by atoms with van der Waals surface area (Å²) in [6.07, 6.45) is 1.49. The lowest BCUT2D eigenvalue weighted by Crippen LogP contribution is -2.25. The Morgan fingerprint density at radius 1 is 0.929 bits per heavy atom. The van der Waals surface area contributed by atoms with Gasteiger partial charge >= 0.3 is 0 Å². The number of amides is 1. The summed E-state index contributed by atoms with van der Waals surface area (Å²) in [5.74, 6) is 1.03. The van der Waals surface area contributed by atoms with E-state index in [1.165, 1.54) is 31.2 Å². The molecule has 3 rings (SSSR count). The summed E-state index contributed by atoms with van der Waals surface area (Å²) in [6.45, 7) is 0. The fraction of sp³-hybridized carbons (Fsp3) is 0.150. The second-order valence-electron chi connectivity index (χ2n) is 5.69. The number of nitrogens with zero attached hydrogens (tertiary/aromatic N) is 2. The molecule has 28 heavy (non-hydrogen) atoms. The van der Waals surface area contributed by atoms with Crippen LogP contribution in [-0.4, -0.2) is 37.0 Å². The molecule has 1 aromatic heterocycles. The zero-order valence-electron chi connectivity index (χ0n) is 15.6. The fourth-order valence-corrected chi connectivity index (χ4v) is 2.53. The Hall–Kier alpha value is -3.81. The fourth-order valence-electron chi connectivity index (χ4n) is 2.53. The molecule has 8 heteroatoms. The second kappa shape index (κ2) is 8.26. The molecule has 0 aliphatic carbocycles. The first-order chi connectivity index (χ1) is 13.5. The largest absolute Gasteiger partial charge is 0.497 e. The van der Waals surface area contributed by atoms with Crippen LogP contribution >= 0.6 is 0 Å². The average Bonchev–Trinajstić information content (AvgIpc) is 2.74. The minimum atomic E-state index is -0.642. The lowest BCUT2D eigenvalue weighted by molar-refractivity contribution is 0.101. The molecule has 0 saturated carbocycles. The summed E-state index contributed by atoms with van der Waals surface area (Å²) in [6, 6.07) is 13.3. The molecule has 3 aromatic rings. The van der Waals surface area contributed by atoms with Crippen LogP contribution in [0, 0.1) is 0 Å². The van der Waals surface area contributed by atoms with Crippen LogP contribution < -0.4 is 25.0 Å². The number of hydrogen-bond acceptors (Lipinski definition) is 6. The van der Waals surface area contributed by atoms with Crippen LogP contribution in [-0.2, 0) is 0 Å². The first kappa shape index (κ1) is 19.0. The van der Waals surface area contributed by atoms with Crippen molar-refractivity contribution in [2.24, 2.45) is 0 Å². The monoisotopic (exact) mass is 381 g/mol. The van der Waals surface area contributed by atoms with Gasteiger partial charge in [-0.2, -0.15) is 5.10 Å². The summed E-state index contributed by atoms with van der Waals surface area (Å²) in [5.41, 5.74) is 0.345. The topological polar surface area (TPSA) is 91.7 Å². The van der Waals surface area contributed by atoms with Crippen molar-refractivity contribution >= 4 is 11.6 Å². The van der Waals surface area contributed by atoms with Gasteiger partial charge in [0.15, 0.2) is 5.69 Å². The van der Waals surface area contributed by atoms with Crippen LogP contribution in [0.5, 0.6) is 17.2 Å². The van der Waals surface area contributed by atoms with Crippen LogP contribution in [0.25, 0.3) is 5.69 Å². The van der Waals surface area contributed by atoms with Gasteiger partial charge in [-0.1, -0.05) is 0 Å². The Morgan fingerprint density at radius 2 is 1.61 bits per heavy atom. The van der Waals surface area contributed by atoms with E-state index in [4.69, 9.17) is 14.2 Å². The molecule has 0 saturated heterocycles. The predicted octanol–water partition coefficient (Wildman–Crippen LogP) is 2.51. The molecule has 0 aliphatic rings. The summed E-state index contributed by atoms with van der Waals surface area (Å²) >= 11 is 0. The van der Waals surface area contributed by atoms with Gasteiger partial charge in [0.05, 0.1) is 32.7 Å². The summed E-state index contributed by atoms with van der Waals surface area (Å²) in [4.78, 5) is 24.8. The summed E-state index contributed by atoms with van der Waals surface area (Å²) < 4.78 is 17.0. The lowest BCUT2D eigenvalue weighted by atomic mass is 10.2. The molecular weight excluding hydrogens is 362 g/mol. The van der Waals surface area contributed by atoms with Gasteiger partial charge in [-0.05, 0) is 36.4 Å². The molecule has 0 unspecified atom stereocenters. The molecule has 1 amide bonds. The molecule has 0 atom stereocenters. The highest BCUT2D eigenvalue weighted by molar-refractivity contribution is 6.03. The van der Waals surface area contributed by atoms with Gasteiger partial charge in [0.25, 0.3) is 5.91 Å². The Labute approximate surface area is 161 Å². The Kier molecular flexibility index (Phi) is 5.59. The van der Waals surface area contributed by atoms with Crippen molar-refractivity contribution in [3.8, 4) is 22.9 Å². The van der Waals surface area contributed by atoms with Gasteiger partial charge in [0, 0.05) is 18.3 Å². The van der Waals surface area contributed by atoms with Crippen LogP contribution in [0.3, 0.4) is 0 Å². The van der Waals surface area contributed by atoms with E-state index in [9.17, 15) is 9.59 Å². The Morgan fingerprint density at radius 3 is 2.25 bits per heavy atom. The molecule has 2 aromatic carbocycles. The number of hydrogen-bond donors (Lipinski definition) is 1. The van der Waals surface area contributed by atoms with Crippen LogP contribution in [0.4, 0.5) is 5.69 Å². The van der Waals surface area contributed by atoms with Gasteiger partial charge < -0.3 is 19.5 Å². The van der Waals surface area contributed by atoms with Gasteiger partial charge in [0.1, 0.15) is 17.2 Å². The summed E-state index contributed by atoms with van der Waals surface area (Å²) in [7, 11) is 4.58. The van der Waals surface area contributed by atoms with E-state index in [0.717, 1.165) is 0 Å². The summed E-state index contributed by atoms with van der Waals surface area (Å²) in [5, 5.41) is 6.82. The van der Waals surface area contributed by atoms with Crippen molar-refractivity contribution in [3.63, 3.8) is 0 Å². The quantitative estimate of drug-likeness (QED) is 0.705. The smallest absolute Gasteiger partial charge is 0.280 e. The van der Waals surface area contributed by atoms with Crippen molar-refractivity contribution in [2.45, 2.75) is 0 Å². The Balaban J connectivity index is 1.90. The van der Waals surface area contributed by atoms with Gasteiger partial charge in [-0.15, -0.1) is 0 Å². The molecule has 8 nitrogen and oxygen atoms in total. The van der Waals surface area contributed by atoms with Crippen LogP contribution in [0.2, 0.25) is 0 Å². The minimum Gasteiger partial charge on any atom is -0.497 e. The van der Waals surface area contributed by atoms with E-state index in [1.807, 2.05) is 0 Å². The zero-order chi connectivity index (χ0) is 20.1. The molecule has 0 bridgehead atoms. The number of benzene rings is 2. The molecule has 0 radical (unpaired) electrons. The molecule has 1 heterocycles. The SMILES string of the molecule is COc1ccc(-n2ccc(=O)c(C(=O)Nc3ccc(OC)cc3OC)n2)cc1. The maximum atomic E-state index is 12.6. The number of anilines is 1. The number of rotatable bonds is 6. The van der Waals surface area contributed by atoms with E-state index >= 15 is 0 Å². The Bertz CT molecular complexity index is 1040. The van der Waals surface area contributed by atoms with Crippen molar-refractivity contribution in [1.82, 2.24) is 9.78 Å². The maximum absolute atomic E-state index is 12.6. The number of methoxy groups -OCH3 is 3. The van der Waals surface area contributed by atoms with Crippen molar-refractivity contribution in [2.75, 3.05) is 26.6 Å². The molecule has 0 spiro atoms. The molecule has 144 valence electrons. The normalized spacial score (nSPS) is 10.2. The third-order valence-electron chi connectivity index (χ3n) is 4.02. The third-order valence-corrected chi connectivity index (χ3v) is 4.02. The van der Waals surface area contributed by atoms with E-state index in [1.54, 1.807) is 49.6 Å². The van der Waals surface area contributed by atoms with E-state index in [-0.39, 0.29) is 5.69 Å². The first-order valence-electron chi connectivity index (χ1n) is 8.33. The van der Waals surface area contributed by atoms with Crippen molar-refractivity contribution in [3.05, 3.63) is 70.6 Å². The number of carbonyl (C=O) groups excluding carboxylic acids is 1. The van der Waals surface area contributed by atoms with E-state index < -0.39 is 11.3 Å². The second-order valence-corrected chi connectivity index (χ2v) is 5.69. The number of carbonyl (C=O) groups is 1. The molecule has 1 N–H and O–H groups in total. The zero-order valence-corrected chi connectivity index (χ0v) is 15.6. The molecular formula is C20H19N3O5. The molecule has 0 aliphatic heterocycles. The van der Waals surface area contributed by atoms with Gasteiger partial charge in [-0.25, -0.2) is 4.68 Å². The van der Waals surface area contributed by atoms with Crippen LogP contribution in [0.15, 0.2) is 59.5 Å². The van der Waals surface area contributed by atoms with E-state index in [2.05, 4.69) is 10.4 Å². The van der Waals surface area contributed by atoms with Crippen LogP contribution in [0.1, 0.15) is 10.5 Å². The third kappa shape index (κ3) is 3.96. The highest BCUT2D eigenvalue weighted by Crippen LogP contribution is 2.29. The highest BCUT2D eigenvalue weighted by Gasteiger charge is 2.16. The van der Waals surface area contributed by atoms with Gasteiger partial charge in [0.2, 0.25) is 5.43 Å². The minimum absolute atomic E-state index is 0.240. The standard InChI is InChI=1S/C20H19N3O5/c1-26-14-6-4-13(5-7-14)23-11-10-17(24)19(22-23)20(25)21-16-9-8-15(27-2)12-18(16)28-3/h4-12H,1-3H3,(H,21,25). The van der Waals surface area contributed by atoms with Gasteiger partial charge in [-0.3, -0.25) is 9.59 Å². The average molecular weight is 381 g/mol. The number of ether oxygens (including phenoxy) is 3. The van der Waals surface area contributed by atoms with E-state index in [0.29, 0.717) is 28.6 Å². The first-order valence-corrected chi connectivity index (χ1v) is 8.33. The highest BCUT2D eigenvalue weighted by atomic mass is 16.5. The lowest BCUT2D eigenvalue weighted by Gasteiger charge is -2.12. The van der Waals surface area contributed by atoms with Crippen molar-refractivity contribution < 1.29 is 19.0 Å². The number of nitrogens with one attached hydrogen (secondary N) is 1. The van der Waals surface area contributed by atoms with Crippen molar-refractivity contribution in [1.29, 1.82) is 0 Å². The number of aromatic nitrogens is 2. The maximum Gasteiger partial charge on any atom is 0.280 e.